The molecule has 4 aromatic carbocycles. The molecule has 52 heavy (non-hydrogen) atoms. The van der Waals surface area contributed by atoms with Crippen molar-refractivity contribution in [3.8, 4) is 0 Å². The molecule has 0 spiro atoms. The summed E-state index contributed by atoms with van der Waals surface area (Å²) in [7, 11) is 0. The molecule has 5 heterocycles. The molecule has 0 saturated carbocycles. The molecule has 3 aliphatic heterocycles. The van der Waals surface area contributed by atoms with E-state index in [0.29, 0.717) is 0 Å². The molecular formula is C44H26Br4N4. The molecule has 0 radical (unpaired) electrons. The predicted molar refractivity (Wildman–Crippen MR) is 228 cm³/mol. The second-order valence-corrected chi connectivity index (χ2v) is 16.2. The van der Waals surface area contributed by atoms with Gasteiger partial charge >= 0.3 is 0 Å². The van der Waals surface area contributed by atoms with E-state index in [0.717, 1.165) is 107 Å². The van der Waals surface area contributed by atoms with Gasteiger partial charge < -0.3 is 9.97 Å². The van der Waals surface area contributed by atoms with Gasteiger partial charge in [-0.15, -0.1) is 0 Å². The van der Waals surface area contributed by atoms with E-state index in [1.807, 2.05) is 0 Å². The maximum absolute atomic E-state index is 5.38. The molecule has 8 heteroatoms. The van der Waals surface area contributed by atoms with E-state index in [-0.39, 0.29) is 0 Å². The third kappa shape index (κ3) is 6.28. The van der Waals surface area contributed by atoms with Crippen LogP contribution in [0, 0.1) is 0 Å². The summed E-state index contributed by atoms with van der Waals surface area (Å²) >= 11 is 14.5. The number of aromatic amines is 2. The number of aromatic nitrogens is 2. The number of hydrogen-bond donors (Lipinski definition) is 2. The van der Waals surface area contributed by atoms with Crippen molar-refractivity contribution < 1.29 is 0 Å². The number of fused-ring (bicyclic) bond motifs is 6. The normalized spacial score (nSPS) is 15.2. The van der Waals surface area contributed by atoms with E-state index < -0.39 is 0 Å². The highest BCUT2D eigenvalue weighted by molar-refractivity contribution is 9.11. The Bertz CT molecular complexity index is 2530. The molecule has 9 rings (SSSR count). The molecule has 3 aliphatic rings. The summed E-state index contributed by atoms with van der Waals surface area (Å²) in [5.74, 6) is 0. The Labute approximate surface area is 334 Å². The minimum atomic E-state index is 0.875. The fourth-order valence-electron chi connectivity index (χ4n) is 6.90. The van der Waals surface area contributed by atoms with Crippen LogP contribution in [0.15, 0.2) is 185 Å². The fraction of sp³-hybridized carbons (Fsp3) is 0. The van der Waals surface area contributed by atoms with E-state index in [2.05, 4.69) is 219 Å². The number of aliphatic imine (C=N–C) groups is 2. The van der Waals surface area contributed by atoms with Gasteiger partial charge in [0.1, 0.15) is 0 Å². The Hall–Kier alpha value is -4.60. The Morgan fingerprint density at radius 1 is 0.385 bits per heavy atom. The third-order valence-electron chi connectivity index (χ3n) is 9.30. The molecule has 0 amide bonds. The van der Waals surface area contributed by atoms with Crippen LogP contribution in [0.5, 0.6) is 0 Å². The average molecular weight is 930 g/mol. The molecule has 4 nitrogen and oxygen atoms in total. The molecule has 0 unspecified atom stereocenters. The number of benzene rings is 4. The van der Waals surface area contributed by atoms with Crippen molar-refractivity contribution in [3.63, 3.8) is 0 Å². The van der Waals surface area contributed by atoms with Crippen molar-refractivity contribution in [1.29, 1.82) is 0 Å². The molecular weight excluding hydrogens is 904 g/mol. The number of allylic oxidation sites excluding steroid dienone is 4. The summed E-state index contributed by atoms with van der Waals surface area (Å²) in [5.41, 5.74) is 13.8. The summed E-state index contributed by atoms with van der Waals surface area (Å²) in [5, 5.41) is 1.93. The van der Waals surface area contributed by atoms with Crippen LogP contribution in [-0.2, 0) is 0 Å². The summed E-state index contributed by atoms with van der Waals surface area (Å²) in [6, 6.07) is 40.2. The second kappa shape index (κ2) is 13.7. The SMILES string of the molecule is Brc1ccc(C2=C3C=CC(=N3)C(c3ccc(Br)cc3)=c3ccc([nH]3)=C(c3ccc(Br)cc3)C3=NC(=C(c4ccc(Br)cc4)c4cc2c[nH]4)C=C3)cc1. The molecule has 8 bridgehead atoms. The van der Waals surface area contributed by atoms with Crippen LogP contribution in [0.2, 0.25) is 0 Å². The Balaban J connectivity index is 1.41. The molecule has 2 aromatic heterocycles. The molecule has 0 fully saturated rings. The first-order valence-corrected chi connectivity index (χ1v) is 19.7. The van der Waals surface area contributed by atoms with Crippen LogP contribution in [0.3, 0.4) is 0 Å². The maximum atomic E-state index is 5.38. The van der Waals surface area contributed by atoms with E-state index in [1.165, 1.54) is 0 Å². The average Bonchev–Trinajstić information content (AvgIpc) is 3.99. The largest absolute Gasteiger partial charge is 0.360 e. The zero-order valence-electron chi connectivity index (χ0n) is 27.3. The standard InChI is InChI=1S/C44H26Br4N4/c45-30-9-1-25(2-10-30)41-29-23-40(49-24-29)44(28-7-15-33(48)16-8-28)39-22-21-38(52-39)43(27-5-13-32(47)14-6-27)37-20-19-36(51-37)42(35-18-17-34(41)50-35)26-3-11-31(46)12-4-26/h1-24,49,51H. The van der Waals surface area contributed by atoms with Gasteiger partial charge in [-0.25, -0.2) is 9.98 Å². The summed E-state index contributed by atoms with van der Waals surface area (Å²) in [6.07, 6.45) is 10.6. The highest BCUT2D eigenvalue weighted by atomic mass is 79.9. The van der Waals surface area contributed by atoms with Gasteiger partial charge in [-0.2, -0.15) is 0 Å². The van der Waals surface area contributed by atoms with Gasteiger partial charge in [0.05, 0.1) is 22.8 Å². The molecule has 6 aromatic rings. The smallest absolute Gasteiger partial charge is 0.0737 e. The highest BCUT2D eigenvalue weighted by Gasteiger charge is 2.23. The van der Waals surface area contributed by atoms with Gasteiger partial charge in [-0.05, 0) is 113 Å². The van der Waals surface area contributed by atoms with Crippen LogP contribution < -0.4 is 10.7 Å². The van der Waals surface area contributed by atoms with Gasteiger partial charge in [0.2, 0.25) is 0 Å². The van der Waals surface area contributed by atoms with Gasteiger partial charge in [-0.1, -0.05) is 112 Å². The molecule has 0 aliphatic carbocycles. The lowest BCUT2D eigenvalue weighted by Crippen LogP contribution is -2.21. The third-order valence-corrected chi connectivity index (χ3v) is 11.4. The summed E-state index contributed by atoms with van der Waals surface area (Å²) in [6.45, 7) is 0. The summed E-state index contributed by atoms with van der Waals surface area (Å²) < 4.78 is 4.08. The predicted octanol–water partition coefficient (Wildman–Crippen LogP) is 11.0. The van der Waals surface area contributed by atoms with Crippen molar-refractivity contribution in [2.45, 2.75) is 0 Å². The second-order valence-electron chi connectivity index (χ2n) is 12.5. The number of hydrogen-bond acceptors (Lipinski definition) is 2. The lowest BCUT2D eigenvalue weighted by Gasteiger charge is -2.11. The van der Waals surface area contributed by atoms with Crippen LogP contribution in [0.1, 0.15) is 33.5 Å². The number of nitrogens with zero attached hydrogens (tertiary/aromatic N) is 2. The van der Waals surface area contributed by atoms with Gasteiger partial charge in [0.15, 0.2) is 0 Å². The minimum Gasteiger partial charge on any atom is -0.360 e. The lowest BCUT2D eigenvalue weighted by molar-refractivity contribution is 1.25. The van der Waals surface area contributed by atoms with Crippen LogP contribution in [0.4, 0.5) is 0 Å². The Morgan fingerprint density at radius 3 is 1.21 bits per heavy atom. The number of H-pyrrole nitrogens is 2. The number of nitrogens with one attached hydrogen (secondary N) is 2. The molecule has 250 valence electrons. The lowest BCUT2D eigenvalue weighted by atomic mass is 9.96. The zero-order chi connectivity index (χ0) is 35.3. The first kappa shape index (κ1) is 33.3. The van der Waals surface area contributed by atoms with E-state index in [9.17, 15) is 0 Å². The van der Waals surface area contributed by atoms with Gasteiger partial charge in [-0.3, -0.25) is 0 Å². The van der Waals surface area contributed by atoms with Crippen molar-refractivity contribution >= 4 is 97.4 Å². The van der Waals surface area contributed by atoms with Crippen molar-refractivity contribution in [2.75, 3.05) is 0 Å². The molecule has 2 N–H and O–H groups in total. The van der Waals surface area contributed by atoms with E-state index >= 15 is 0 Å². The monoisotopic (exact) mass is 926 g/mol. The van der Waals surface area contributed by atoms with Crippen molar-refractivity contribution in [2.24, 2.45) is 9.98 Å². The zero-order valence-corrected chi connectivity index (χ0v) is 33.6. The Morgan fingerprint density at radius 2 is 0.769 bits per heavy atom. The maximum Gasteiger partial charge on any atom is 0.0737 e. The van der Waals surface area contributed by atoms with E-state index in [4.69, 9.17) is 9.98 Å². The van der Waals surface area contributed by atoms with E-state index in [1.54, 1.807) is 0 Å². The molecule has 0 saturated heterocycles. The van der Waals surface area contributed by atoms with Gasteiger partial charge in [0.25, 0.3) is 0 Å². The first-order valence-electron chi connectivity index (χ1n) is 16.6. The van der Waals surface area contributed by atoms with Crippen LogP contribution in [0.25, 0.3) is 22.3 Å². The van der Waals surface area contributed by atoms with Gasteiger partial charge in [0, 0.05) is 68.3 Å². The fourth-order valence-corrected chi connectivity index (χ4v) is 7.96. The Kier molecular flexibility index (Phi) is 8.79. The topological polar surface area (TPSA) is 56.3 Å². The van der Waals surface area contributed by atoms with Crippen LogP contribution >= 0.6 is 63.7 Å². The molecule has 0 atom stereocenters. The minimum absolute atomic E-state index is 0.875. The first-order chi connectivity index (χ1) is 25.4. The van der Waals surface area contributed by atoms with Crippen molar-refractivity contribution in [1.82, 2.24) is 9.97 Å². The quantitative estimate of drug-likeness (QED) is 0.177. The highest BCUT2D eigenvalue weighted by Crippen LogP contribution is 2.37. The number of rotatable bonds is 4. The van der Waals surface area contributed by atoms with Crippen LogP contribution in [-0.4, -0.2) is 21.4 Å². The number of halogens is 4. The van der Waals surface area contributed by atoms with Crippen molar-refractivity contribution in [3.05, 3.63) is 219 Å². The summed E-state index contributed by atoms with van der Waals surface area (Å²) in [4.78, 5) is 18.2.